The fourth-order valence-electron chi connectivity index (χ4n) is 3.34. The second-order valence-electron chi connectivity index (χ2n) is 7.07. The van der Waals surface area contributed by atoms with Gasteiger partial charge in [0.2, 0.25) is 0 Å². The molecule has 0 unspecified atom stereocenters. The molecule has 0 amide bonds. The van der Waals surface area contributed by atoms with Crippen molar-refractivity contribution in [2.75, 3.05) is 13.2 Å². The lowest BCUT2D eigenvalue weighted by molar-refractivity contribution is -0.384. The molecule has 2 aromatic carbocycles. The van der Waals surface area contributed by atoms with Crippen molar-refractivity contribution < 1.29 is 9.66 Å². The van der Waals surface area contributed by atoms with Crippen LogP contribution in [-0.4, -0.2) is 37.7 Å². The Morgan fingerprint density at radius 2 is 1.67 bits per heavy atom. The minimum Gasteiger partial charge on any atom is -0.381 e. The number of ether oxygens (including phenoxy) is 1. The summed E-state index contributed by atoms with van der Waals surface area (Å²) in [6.07, 6.45) is 2.97. The molecule has 30 heavy (non-hydrogen) atoms. The van der Waals surface area contributed by atoms with E-state index in [1.54, 1.807) is 12.1 Å². The van der Waals surface area contributed by atoms with Crippen molar-refractivity contribution in [1.29, 1.82) is 0 Å². The van der Waals surface area contributed by atoms with Crippen LogP contribution in [0, 0.1) is 10.1 Å². The first kappa shape index (κ1) is 19.9. The van der Waals surface area contributed by atoms with Crippen molar-refractivity contribution in [3.05, 3.63) is 58.6 Å². The molecule has 0 radical (unpaired) electrons. The van der Waals surface area contributed by atoms with Crippen molar-refractivity contribution in [3.63, 3.8) is 0 Å². The summed E-state index contributed by atoms with van der Waals surface area (Å²) < 4.78 is 7.72. The monoisotopic (exact) mass is 405 g/mol. The third-order valence-corrected chi connectivity index (χ3v) is 4.91. The number of aromatic nitrogens is 4. The van der Waals surface area contributed by atoms with E-state index in [2.05, 4.69) is 11.9 Å². The minimum absolute atomic E-state index is 0.0488. The molecule has 0 aliphatic carbocycles. The summed E-state index contributed by atoms with van der Waals surface area (Å²) in [6, 6.07) is 14.1. The number of fused-ring (bicyclic) bond motifs is 2. The Balaban J connectivity index is 1.71. The van der Waals surface area contributed by atoms with Gasteiger partial charge in [0.1, 0.15) is 5.82 Å². The van der Waals surface area contributed by atoms with E-state index in [1.807, 2.05) is 28.8 Å². The fourth-order valence-corrected chi connectivity index (χ4v) is 3.34. The SMILES string of the molecule is CCCCOCCCn1c(-c2ccc([N+](=O)[O-])cc2)nc2nc3ccccc3nc21. The minimum atomic E-state index is -0.407. The lowest BCUT2D eigenvalue weighted by Crippen LogP contribution is -2.06. The van der Waals surface area contributed by atoms with Gasteiger partial charge in [0.15, 0.2) is 11.3 Å². The van der Waals surface area contributed by atoms with Gasteiger partial charge in [-0.3, -0.25) is 10.1 Å². The van der Waals surface area contributed by atoms with E-state index < -0.39 is 4.92 Å². The summed E-state index contributed by atoms with van der Waals surface area (Å²) in [4.78, 5) is 24.8. The van der Waals surface area contributed by atoms with Crippen LogP contribution in [0.15, 0.2) is 48.5 Å². The second-order valence-corrected chi connectivity index (χ2v) is 7.07. The molecule has 4 aromatic rings. The van der Waals surface area contributed by atoms with Crippen LogP contribution in [0.1, 0.15) is 26.2 Å². The number of hydrogen-bond acceptors (Lipinski definition) is 6. The zero-order valence-corrected chi connectivity index (χ0v) is 16.8. The Hall–Kier alpha value is -3.39. The number of hydrogen-bond donors (Lipinski definition) is 0. The molecule has 0 spiro atoms. The quantitative estimate of drug-likeness (QED) is 0.226. The number of unbranched alkanes of at least 4 members (excludes halogenated alkanes) is 1. The third kappa shape index (κ3) is 4.13. The van der Waals surface area contributed by atoms with Gasteiger partial charge in [-0.05, 0) is 37.1 Å². The molecule has 0 saturated heterocycles. The normalized spacial score (nSPS) is 11.4. The van der Waals surface area contributed by atoms with Crippen LogP contribution < -0.4 is 0 Å². The molecule has 154 valence electrons. The number of nitro benzene ring substituents is 1. The van der Waals surface area contributed by atoms with Gasteiger partial charge in [-0.25, -0.2) is 15.0 Å². The van der Waals surface area contributed by atoms with Gasteiger partial charge in [0.05, 0.1) is 16.0 Å². The molecule has 0 atom stereocenters. The van der Waals surface area contributed by atoms with Gasteiger partial charge < -0.3 is 9.30 Å². The van der Waals surface area contributed by atoms with Crippen molar-refractivity contribution >= 4 is 28.0 Å². The molecule has 0 N–H and O–H groups in total. The first-order valence-electron chi connectivity index (χ1n) is 10.1. The maximum Gasteiger partial charge on any atom is 0.269 e. The molecular weight excluding hydrogens is 382 g/mol. The number of rotatable bonds is 9. The number of imidazole rings is 1. The first-order valence-corrected chi connectivity index (χ1v) is 10.1. The summed E-state index contributed by atoms with van der Waals surface area (Å²) in [5.41, 5.74) is 3.70. The van der Waals surface area contributed by atoms with E-state index in [0.29, 0.717) is 30.3 Å². The molecule has 4 rings (SSSR count). The maximum absolute atomic E-state index is 11.0. The average molecular weight is 405 g/mol. The number of nitro groups is 1. The Labute approximate surface area is 173 Å². The number of benzene rings is 2. The van der Waals surface area contributed by atoms with E-state index in [-0.39, 0.29) is 5.69 Å². The molecule has 0 bridgehead atoms. The zero-order chi connectivity index (χ0) is 20.9. The number of para-hydroxylation sites is 2. The Morgan fingerprint density at radius 3 is 2.37 bits per heavy atom. The van der Waals surface area contributed by atoms with Crippen molar-refractivity contribution in [2.24, 2.45) is 0 Å². The summed E-state index contributed by atoms with van der Waals surface area (Å²) in [6.45, 7) is 4.23. The number of non-ortho nitro benzene ring substituents is 1. The van der Waals surface area contributed by atoms with Gasteiger partial charge in [0, 0.05) is 37.5 Å². The molecule has 0 aliphatic rings. The maximum atomic E-state index is 11.0. The molecular formula is C22H23N5O3. The topological polar surface area (TPSA) is 96.0 Å². The van der Waals surface area contributed by atoms with Crippen molar-refractivity contribution in [2.45, 2.75) is 32.7 Å². The average Bonchev–Trinajstić information content (AvgIpc) is 3.12. The molecule has 2 heterocycles. The number of aryl methyl sites for hydroxylation is 1. The van der Waals surface area contributed by atoms with Crippen LogP contribution >= 0.6 is 0 Å². The lowest BCUT2D eigenvalue weighted by atomic mass is 10.2. The van der Waals surface area contributed by atoms with E-state index >= 15 is 0 Å². The van der Waals surface area contributed by atoms with E-state index in [1.165, 1.54) is 12.1 Å². The number of nitrogens with zero attached hydrogens (tertiary/aromatic N) is 5. The van der Waals surface area contributed by atoms with Crippen LogP contribution in [0.3, 0.4) is 0 Å². The van der Waals surface area contributed by atoms with Crippen LogP contribution in [0.4, 0.5) is 5.69 Å². The van der Waals surface area contributed by atoms with E-state index in [0.717, 1.165) is 42.5 Å². The summed E-state index contributed by atoms with van der Waals surface area (Å²) in [5.74, 6) is 0.698. The van der Waals surface area contributed by atoms with Crippen molar-refractivity contribution in [3.8, 4) is 11.4 Å². The fraction of sp³-hybridized carbons (Fsp3) is 0.318. The first-order chi connectivity index (χ1) is 14.7. The lowest BCUT2D eigenvalue weighted by Gasteiger charge is -2.09. The standard InChI is InChI=1S/C22H23N5O3/c1-2-3-14-30-15-6-13-26-21(16-9-11-17(12-10-16)27(28)29)25-20-22(26)24-19-8-5-4-7-18(19)23-20/h4-5,7-12H,2-3,6,13-15H2,1H3. The Kier molecular flexibility index (Phi) is 5.94. The molecule has 0 aliphatic heterocycles. The van der Waals surface area contributed by atoms with Crippen LogP contribution in [-0.2, 0) is 11.3 Å². The van der Waals surface area contributed by atoms with Gasteiger partial charge in [-0.1, -0.05) is 25.5 Å². The highest BCUT2D eigenvalue weighted by atomic mass is 16.6. The molecule has 8 nitrogen and oxygen atoms in total. The summed E-state index contributed by atoms with van der Waals surface area (Å²) in [5, 5.41) is 11.0. The summed E-state index contributed by atoms with van der Waals surface area (Å²) >= 11 is 0. The highest BCUT2D eigenvalue weighted by Crippen LogP contribution is 2.26. The summed E-state index contributed by atoms with van der Waals surface area (Å²) in [7, 11) is 0. The van der Waals surface area contributed by atoms with Crippen LogP contribution in [0.2, 0.25) is 0 Å². The van der Waals surface area contributed by atoms with Crippen molar-refractivity contribution in [1.82, 2.24) is 19.5 Å². The van der Waals surface area contributed by atoms with Gasteiger partial charge >= 0.3 is 0 Å². The second kappa shape index (κ2) is 8.96. The molecule has 0 saturated carbocycles. The van der Waals surface area contributed by atoms with Gasteiger partial charge in [-0.2, -0.15) is 0 Å². The highest BCUT2D eigenvalue weighted by molar-refractivity contribution is 5.84. The van der Waals surface area contributed by atoms with Gasteiger partial charge in [-0.15, -0.1) is 0 Å². The largest absolute Gasteiger partial charge is 0.381 e. The molecule has 0 fully saturated rings. The smallest absolute Gasteiger partial charge is 0.269 e. The van der Waals surface area contributed by atoms with E-state index in [9.17, 15) is 10.1 Å². The zero-order valence-electron chi connectivity index (χ0n) is 16.8. The molecule has 8 heteroatoms. The van der Waals surface area contributed by atoms with Crippen LogP contribution in [0.25, 0.3) is 33.7 Å². The Bertz CT molecular complexity index is 1170. The predicted octanol–water partition coefficient (Wildman–Crippen LogP) is 4.76. The predicted molar refractivity (Wildman–Crippen MR) is 115 cm³/mol. The Morgan fingerprint density at radius 1 is 0.967 bits per heavy atom. The third-order valence-electron chi connectivity index (χ3n) is 4.91. The molecule has 2 aromatic heterocycles. The van der Waals surface area contributed by atoms with Gasteiger partial charge in [0.25, 0.3) is 5.69 Å². The van der Waals surface area contributed by atoms with Crippen LogP contribution in [0.5, 0.6) is 0 Å². The highest BCUT2D eigenvalue weighted by Gasteiger charge is 2.17. The van der Waals surface area contributed by atoms with E-state index in [4.69, 9.17) is 14.7 Å².